The molecule has 0 heterocycles. The van der Waals surface area contributed by atoms with E-state index in [1.165, 1.54) is 7.11 Å². The lowest BCUT2D eigenvalue weighted by atomic mass is 10.2. The first-order valence-electron chi connectivity index (χ1n) is 5.98. The number of amides is 2. The Balaban J connectivity index is 2.05. The highest BCUT2D eigenvalue weighted by Crippen LogP contribution is 2.30. The molecular weight excluding hydrogens is 359 g/mol. The lowest BCUT2D eigenvalue weighted by Gasteiger charge is -2.09. The molecule has 1 aromatic rings. The van der Waals surface area contributed by atoms with Crippen LogP contribution < -0.4 is 10.6 Å². The van der Waals surface area contributed by atoms with Crippen molar-refractivity contribution >= 4 is 45.8 Å². The molecule has 0 saturated heterocycles. The molecule has 2 N–H and O–H groups in total. The van der Waals surface area contributed by atoms with Gasteiger partial charge in [0.25, 0.3) is 0 Å². The average Bonchev–Trinajstić information content (AvgIpc) is 3.11. The molecular formula is C13H15IN2O3. The van der Waals surface area contributed by atoms with Crippen LogP contribution in [0.3, 0.4) is 0 Å². The second-order valence-corrected chi connectivity index (χ2v) is 5.72. The van der Waals surface area contributed by atoms with Gasteiger partial charge in [-0.2, -0.15) is 0 Å². The van der Waals surface area contributed by atoms with E-state index < -0.39 is 0 Å². The molecule has 0 bridgehead atoms. The van der Waals surface area contributed by atoms with Gasteiger partial charge in [-0.3, -0.25) is 9.59 Å². The van der Waals surface area contributed by atoms with Crippen LogP contribution in [-0.2, 0) is 14.3 Å². The number of nitrogens with one attached hydrogen (secondary N) is 2. The summed E-state index contributed by atoms with van der Waals surface area (Å²) in [5, 5.41) is 5.59. The fraction of sp³-hybridized carbons (Fsp3) is 0.385. The summed E-state index contributed by atoms with van der Waals surface area (Å²) in [5.41, 5.74) is 1.36. The molecule has 0 spiro atoms. The van der Waals surface area contributed by atoms with Crippen LogP contribution in [0.2, 0.25) is 0 Å². The van der Waals surface area contributed by atoms with E-state index in [0.29, 0.717) is 11.4 Å². The molecule has 1 aliphatic carbocycles. The van der Waals surface area contributed by atoms with Crippen LogP contribution in [0, 0.1) is 9.49 Å². The van der Waals surface area contributed by atoms with Crippen LogP contribution in [0.25, 0.3) is 0 Å². The van der Waals surface area contributed by atoms with Crippen LogP contribution >= 0.6 is 22.6 Å². The van der Waals surface area contributed by atoms with Crippen LogP contribution in [0.4, 0.5) is 11.4 Å². The zero-order chi connectivity index (χ0) is 13.8. The van der Waals surface area contributed by atoms with Gasteiger partial charge in [0, 0.05) is 28.0 Å². The normalized spacial score (nSPS) is 14.0. The second-order valence-electron chi connectivity index (χ2n) is 4.47. The molecule has 0 atom stereocenters. The summed E-state index contributed by atoms with van der Waals surface area (Å²) in [7, 11) is 1.47. The van der Waals surface area contributed by atoms with Gasteiger partial charge in [-0.05, 0) is 53.6 Å². The fourth-order valence-corrected chi connectivity index (χ4v) is 2.32. The molecule has 0 aliphatic heterocycles. The monoisotopic (exact) mass is 374 g/mol. The number of halogens is 1. The summed E-state index contributed by atoms with van der Waals surface area (Å²) in [6.07, 6.45) is 1.93. The fourth-order valence-electron chi connectivity index (χ4n) is 1.65. The number of methoxy groups -OCH3 is 1. The summed E-state index contributed by atoms with van der Waals surface area (Å²) in [5.74, 6) is -0.00969. The summed E-state index contributed by atoms with van der Waals surface area (Å²) < 4.78 is 5.70. The Morgan fingerprint density at radius 3 is 2.47 bits per heavy atom. The van der Waals surface area contributed by atoms with Crippen molar-refractivity contribution in [3.63, 3.8) is 0 Å². The summed E-state index contributed by atoms with van der Waals surface area (Å²) in [6, 6.07) is 5.45. The van der Waals surface area contributed by atoms with Crippen molar-refractivity contribution in [3.8, 4) is 0 Å². The maximum absolute atomic E-state index is 11.7. The quantitative estimate of drug-likeness (QED) is 0.777. The van der Waals surface area contributed by atoms with Gasteiger partial charge >= 0.3 is 0 Å². The molecule has 0 radical (unpaired) electrons. The van der Waals surface area contributed by atoms with Crippen molar-refractivity contribution in [1.82, 2.24) is 0 Å². The van der Waals surface area contributed by atoms with Crippen LogP contribution in [0.1, 0.15) is 12.8 Å². The van der Waals surface area contributed by atoms with Gasteiger partial charge in [-0.25, -0.2) is 0 Å². The molecule has 5 nitrogen and oxygen atoms in total. The zero-order valence-electron chi connectivity index (χ0n) is 10.5. The number of benzene rings is 1. The molecule has 0 unspecified atom stereocenters. The van der Waals surface area contributed by atoms with Gasteiger partial charge in [0.15, 0.2) is 0 Å². The number of rotatable bonds is 5. The number of hydrogen-bond acceptors (Lipinski definition) is 3. The first-order valence-corrected chi connectivity index (χ1v) is 7.06. The number of carbonyl (C=O) groups excluding carboxylic acids is 2. The van der Waals surface area contributed by atoms with Gasteiger partial charge in [0.1, 0.15) is 6.61 Å². The van der Waals surface area contributed by atoms with Gasteiger partial charge < -0.3 is 15.4 Å². The average molecular weight is 374 g/mol. The Bertz CT molecular complexity index is 501. The van der Waals surface area contributed by atoms with E-state index in [0.717, 1.165) is 16.4 Å². The third kappa shape index (κ3) is 4.46. The van der Waals surface area contributed by atoms with E-state index in [-0.39, 0.29) is 24.3 Å². The number of carbonyl (C=O) groups is 2. The predicted octanol–water partition coefficient (Wildman–Crippen LogP) is 2.22. The third-order valence-corrected chi connectivity index (χ3v) is 3.30. The van der Waals surface area contributed by atoms with E-state index in [9.17, 15) is 9.59 Å². The van der Waals surface area contributed by atoms with Gasteiger partial charge in [-0.15, -0.1) is 0 Å². The van der Waals surface area contributed by atoms with E-state index >= 15 is 0 Å². The topological polar surface area (TPSA) is 67.4 Å². The number of anilines is 2. The predicted molar refractivity (Wildman–Crippen MR) is 81.0 cm³/mol. The molecule has 1 saturated carbocycles. The van der Waals surface area contributed by atoms with Gasteiger partial charge in [0.05, 0.1) is 0 Å². The van der Waals surface area contributed by atoms with Crippen molar-refractivity contribution in [3.05, 3.63) is 21.8 Å². The largest absolute Gasteiger partial charge is 0.375 e. The van der Waals surface area contributed by atoms with E-state index in [1.54, 1.807) is 6.07 Å². The lowest BCUT2D eigenvalue weighted by molar-refractivity contribution is -0.119. The summed E-state index contributed by atoms with van der Waals surface area (Å²) in [4.78, 5) is 23.2. The van der Waals surface area contributed by atoms with Crippen molar-refractivity contribution in [1.29, 1.82) is 0 Å². The van der Waals surface area contributed by atoms with E-state index in [4.69, 9.17) is 4.74 Å². The molecule has 19 heavy (non-hydrogen) atoms. The Hall–Kier alpha value is -1.15. The molecule has 1 aromatic carbocycles. The van der Waals surface area contributed by atoms with Crippen LogP contribution in [0.5, 0.6) is 0 Å². The minimum Gasteiger partial charge on any atom is -0.375 e. The second kappa shape index (κ2) is 6.33. The van der Waals surface area contributed by atoms with Crippen molar-refractivity contribution in [2.24, 2.45) is 5.92 Å². The molecule has 1 fully saturated rings. The Morgan fingerprint density at radius 2 is 1.89 bits per heavy atom. The SMILES string of the molecule is COCC(=O)Nc1cc(I)cc(NC(=O)C2CC2)c1. The first kappa shape index (κ1) is 14.3. The zero-order valence-corrected chi connectivity index (χ0v) is 12.7. The maximum Gasteiger partial charge on any atom is 0.250 e. The van der Waals surface area contributed by atoms with Gasteiger partial charge in [0.2, 0.25) is 11.8 Å². The molecule has 6 heteroatoms. The lowest BCUT2D eigenvalue weighted by Crippen LogP contribution is -2.18. The highest BCUT2D eigenvalue weighted by atomic mass is 127. The number of ether oxygens (including phenoxy) is 1. The molecule has 2 rings (SSSR count). The smallest absolute Gasteiger partial charge is 0.250 e. The molecule has 1 aliphatic rings. The Labute approximate surface area is 125 Å². The van der Waals surface area contributed by atoms with Crippen molar-refractivity contribution < 1.29 is 14.3 Å². The molecule has 0 aromatic heterocycles. The third-order valence-electron chi connectivity index (χ3n) is 2.67. The van der Waals surface area contributed by atoms with Crippen molar-refractivity contribution in [2.45, 2.75) is 12.8 Å². The Kier molecular flexibility index (Phi) is 4.76. The van der Waals surface area contributed by atoms with E-state index in [2.05, 4.69) is 33.2 Å². The molecule has 102 valence electrons. The Morgan fingerprint density at radius 1 is 1.26 bits per heavy atom. The standard InChI is InChI=1S/C13H15IN2O3/c1-19-7-12(17)15-10-4-9(14)5-11(6-10)16-13(18)8-2-3-8/h4-6,8H,2-3,7H2,1H3,(H,15,17)(H,16,18). The highest BCUT2D eigenvalue weighted by Gasteiger charge is 2.29. The summed E-state index contributed by atoms with van der Waals surface area (Å²) >= 11 is 2.15. The maximum atomic E-state index is 11.7. The van der Waals surface area contributed by atoms with Crippen LogP contribution in [0.15, 0.2) is 18.2 Å². The minimum atomic E-state index is -0.219. The number of hydrogen-bond donors (Lipinski definition) is 2. The van der Waals surface area contributed by atoms with Crippen molar-refractivity contribution in [2.75, 3.05) is 24.4 Å². The molecule has 2 amide bonds. The summed E-state index contributed by atoms with van der Waals surface area (Å²) in [6.45, 7) is 0.00917. The highest BCUT2D eigenvalue weighted by molar-refractivity contribution is 14.1. The minimum absolute atomic E-state index is 0.00917. The van der Waals surface area contributed by atoms with Gasteiger partial charge in [-0.1, -0.05) is 0 Å². The van der Waals surface area contributed by atoms with Crippen LogP contribution in [-0.4, -0.2) is 25.5 Å². The first-order chi connectivity index (χ1) is 9.08. The van der Waals surface area contributed by atoms with E-state index in [1.807, 2.05) is 12.1 Å².